The molecule has 0 heterocycles. The van der Waals surface area contributed by atoms with Gasteiger partial charge in [0.2, 0.25) is 0 Å². The molecule has 0 fully saturated rings. The fourth-order valence-corrected chi connectivity index (χ4v) is 1.99. The van der Waals surface area contributed by atoms with Crippen LogP contribution in [0.5, 0.6) is 0 Å². The number of rotatable bonds is 7. The maximum atomic E-state index is 11.9. The van der Waals surface area contributed by atoms with Crippen molar-refractivity contribution in [3.63, 3.8) is 0 Å². The molecule has 0 saturated carbocycles. The smallest absolute Gasteiger partial charge is 0.251 e. The molecule has 1 rings (SSSR count). The Morgan fingerprint density at radius 2 is 1.90 bits per heavy atom. The standard InChI is InChI=1S/C16H26N2O2/c1-5-18(4)14-8-6-13(7-9-14)16(20)17-11-15(19)10-12(2)3/h6-9,12,15,19H,5,10-11H2,1-4H3,(H,17,20). The van der Waals surface area contributed by atoms with E-state index in [2.05, 4.69) is 17.1 Å². The largest absolute Gasteiger partial charge is 0.391 e. The molecule has 4 heteroatoms. The summed E-state index contributed by atoms with van der Waals surface area (Å²) in [6, 6.07) is 7.49. The zero-order valence-electron chi connectivity index (χ0n) is 12.9. The Morgan fingerprint density at radius 3 is 2.40 bits per heavy atom. The third kappa shape index (κ3) is 5.21. The molecule has 0 spiro atoms. The lowest BCUT2D eigenvalue weighted by atomic mass is 10.1. The number of hydrogen-bond donors (Lipinski definition) is 2. The first-order valence-electron chi connectivity index (χ1n) is 7.21. The summed E-state index contributed by atoms with van der Waals surface area (Å²) in [4.78, 5) is 14.1. The second kappa shape index (κ2) is 7.90. The van der Waals surface area contributed by atoms with Gasteiger partial charge in [0.05, 0.1) is 6.10 Å². The molecule has 1 aromatic rings. The minimum absolute atomic E-state index is 0.140. The molecule has 0 aromatic heterocycles. The SMILES string of the molecule is CCN(C)c1ccc(C(=O)NCC(O)CC(C)C)cc1. The Morgan fingerprint density at radius 1 is 1.30 bits per heavy atom. The van der Waals surface area contributed by atoms with Crippen molar-refractivity contribution in [2.24, 2.45) is 5.92 Å². The molecule has 0 aliphatic heterocycles. The topological polar surface area (TPSA) is 52.6 Å². The quantitative estimate of drug-likeness (QED) is 0.804. The van der Waals surface area contributed by atoms with E-state index in [4.69, 9.17) is 0 Å². The van der Waals surface area contributed by atoms with Crippen LogP contribution in [0, 0.1) is 5.92 Å². The molecular formula is C16H26N2O2. The maximum Gasteiger partial charge on any atom is 0.251 e. The van der Waals surface area contributed by atoms with Crippen molar-refractivity contribution < 1.29 is 9.90 Å². The van der Waals surface area contributed by atoms with E-state index in [0.29, 0.717) is 24.4 Å². The number of carbonyl (C=O) groups excluding carboxylic acids is 1. The van der Waals surface area contributed by atoms with Crippen LogP contribution in [0.25, 0.3) is 0 Å². The number of hydrogen-bond acceptors (Lipinski definition) is 3. The Kier molecular flexibility index (Phi) is 6.52. The summed E-state index contributed by atoms with van der Waals surface area (Å²) in [6.45, 7) is 7.40. The van der Waals surface area contributed by atoms with Crippen molar-refractivity contribution in [2.75, 3.05) is 25.0 Å². The molecular weight excluding hydrogens is 252 g/mol. The Labute approximate surface area is 121 Å². The fraction of sp³-hybridized carbons (Fsp3) is 0.562. The van der Waals surface area contributed by atoms with Gasteiger partial charge in [0.25, 0.3) is 5.91 Å². The Bertz CT molecular complexity index is 415. The molecule has 0 bridgehead atoms. The highest BCUT2D eigenvalue weighted by molar-refractivity contribution is 5.94. The molecule has 1 amide bonds. The van der Waals surface area contributed by atoms with Gasteiger partial charge in [0.1, 0.15) is 0 Å². The monoisotopic (exact) mass is 278 g/mol. The van der Waals surface area contributed by atoms with Crippen molar-refractivity contribution in [1.29, 1.82) is 0 Å². The molecule has 0 saturated heterocycles. The second-order valence-electron chi connectivity index (χ2n) is 5.55. The van der Waals surface area contributed by atoms with E-state index in [1.54, 1.807) is 0 Å². The molecule has 4 nitrogen and oxygen atoms in total. The van der Waals surface area contributed by atoms with E-state index >= 15 is 0 Å². The van der Waals surface area contributed by atoms with Crippen LogP contribution in [-0.2, 0) is 0 Å². The first-order valence-corrected chi connectivity index (χ1v) is 7.21. The first kappa shape index (κ1) is 16.5. The van der Waals surface area contributed by atoms with Gasteiger partial charge in [-0.25, -0.2) is 0 Å². The van der Waals surface area contributed by atoms with Crippen LogP contribution >= 0.6 is 0 Å². The highest BCUT2D eigenvalue weighted by Crippen LogP contribution is 2.13. The number of anilines is 1. The van der Waals surface area contributed by atoms with Gasteiger partial charge in [-0.2, -0.15) is 0 Å². The molecule has 0 aliphatic rings. The third-order valence-corrected chi connectivity index (χ3v) is 3.29. The lowest BCUT2D eigenvalue weighted by Crippen LogP contribution is -2.32. The summed E-state index contributed by atoms with van der Waals surface area (Å²) in [7, 11) is 2.01. The number of benzene rings is 1. The fourth-order valence-electron chi connectivity index (χ4n) is 1.99. The molecule has 112 valence electrons. The van der Waals surface area contributed by atoms with Crippen LogP contribution in [0.15, 0.2) is 24.3 Å². The third-order valence-electron chi connectivity index (χ3n) is 3.29. The molecule has 20 heavy (non-hydrogen) atoms. The van der Waals surface area contributed by atoms with E-state index < -0.39 is 6.10 Å². The molecule has 1 aromatic carbocycles. The van der Waals surface area contributed by atoms with Crippen LogP contribution in [0.1, 0.15) is 37.6 Å². The minimum Gasteiger partial charge on any atom is -0.391 e. The van der Waals surface area contributed by atoms with Gasteiger partial charge in [0.15, 0.2) is 0 Å². The Balaban J connectivity index is 2.51. The van der Waals surface area contributed by atoms with Gasteiger partial charge in [-0.05, 0) is 43.5 Å². The van der Waals surface area contributed by atoms with Gasteiger partial charge in [-0.1, -0.05) is 13.8 Å². The summed E-state index contributed by atoms with van der Waals surface area (Å²) in [5.41, 5.74) is 1.71. The van der Waals surface area contributed by atoms with Crippen LogP contribution in [-0.4, -0.2) is 37.3 Å². The summed E-state index contributed by atoms with van der Waals surface area (Å²) in [6.07, 6.45) is 0.213. The van der Waals surface area contributed by atoms with E-state index in [-0.39, 0.29) is 5.91 Å². The molecule has 1 atom stereocenters. The number of aliphatic hydroxyl groups excluding tert-OH is 1. The van der Waals surface area contributed by atoms with Gasteiger partial charge in [-0.3, -0.25) is 4.79 Å². The van der Waals surface area contributed by atoms with Crippen molar-refractivity contribution in [3.05, 3.63) is 29.8 Å². The van der Waals surface area contributed by atoms with Gasteiger partial charge in [-0.15, -0.1) is 0 Å². The highest BCUT2D eigenvalue weighted by atomic mass is 16.3. The molecule has 2 N–H and O–H groups in total. The summed E-state index contributed by atoms with van der Waals surface area (Å²) in [5.74, 6) is 0.282. The predicted octanol–water partition coefficient (Wildman–Crippen LogP) is 2.28. The van der Waals surface area contributed by atoms with Crippen molar-refractivity contribution in [1.82, 2.24) is 5.32 Å². The summed E-state index contributed by atoms with van der Waals surface area (Å²) in [5, 5.41) is 12.5. The van der Waals surface area contributed by atoms with Gasteiger partial charge < -0.3 is 15.3 Å². The highest BCUT2D eigenvalue weighted by Gasteiger charge is 2.10. The average molecular weight is 278 g/mol. The van der Waals surface area contributed by atoms with Crippen molar-refractivity contribution in [3.8, 4) is 0 Å². The van der Waals surface area contributed by atoms with Gasteiger partial charge >= 0.3 is 0 Å². The average Bonchev–Trinajstić information content (AvgIpc) is 2.43. The van der Waals surface area contributed by atoms with Crippen molar-refractivity contribution >= 4 is 11.6 Å². The number of carbonyl (C=O) groups is 1. The summed E-state index contributed by atoms with van der Waals surface area (Å²) >= 11 is 0. The summed E-state index contributed by atoms with van der Waals surface area (Å²) < 4.78 is 0. The van der Waals surface area contributed by atoms with Crippen LogP contribution in [0.3, 0.4) is 0 Å². The predicted molar refractivity (Wildman–Crippen MR) is 83.2 cm³/mol. The van der Waals surface area contributed by atoms with E-state index in [1.807, 2.05) is 45.2 Å². The van der Waals surface area contributed by atoms with Crippen LogP contribution in [0.4, 0.5) is 5.69 Å². The maximum absolute atomic E-state index is 11.9. The molecule has 1 unspecified atom stereocenters. The normalized spacial score (nSPS) is 12.3. The van der Waals surface area contributed by atoms with Gasteiger partial charge in [0, 0.05) is 31.4 Å². The van der Waals surface area contributed by atoms with Crippen LogP contribution < -0.4 is 10.2 Å². The number of amides is 1. The lowest BCUT2D eigenvalue weighted by Gasteiger charge is -2.17. The van der Waals surface area contributed by atoms with E-state index in [0.717, 1.165) is 12.2 Å². The number of nitrogens with zero attached hydrogens (tertiary/aromatic N) is 1. The number of aliphatic hydroxyl groups is 1. The zero-order chi connectivity index (χ0) is 15.1. The first-order chi connectivity index (χ1) is 9.43. The second-order valence-corrected chi connectivity index (χ2v) is 5.55. The number of nitrogens with one attached hydrogen (secondary N) is 1. The lowest BCUT2D eigenvalue weighted by molar-refractivity contribution is 0.0900. The molecule has 0 radical (unpaired) electrons. The van der Waals surface area contributed by atoms with E-state index in [1.165, 1.54) is 0 Å². The molecule has 0 aliphatic carbocycles. The Hall–Kier alpha value is -1.55. The minimum atomic E-state index is -0.482. The zero-order valence-corrected chi connectivity index (χ0v) is 12.9. The van der Waals surface area contributed by atoms with Crippen molar-refractivity contribution in [2.45, 2.75) is 33.3 Å². The van der Waals surface area contributed by atoms with Crippen LogP contribution in [0.2, 0.25) is 0 Å². The van der Waals surface area contributed by atoms with E-state index in [9.17, 15) is 9.90 Å².